The van der Waals surface area contributed by atoms with E-state index in [1.807, 2.05) is 6.21 Å². The third kappa shape index (κ3) is 3.39. The zero-order valence-electron chi connectivity index (χ0n) is 19.7. The summed E-state index contributed by atoms with van der Waals surface area (Å²) in [6.45, 7) is 0. The maximum Gasteiger partial charge on any atom is 0.231 e. The Morgan fingerprint density at radius 2 is 1.91 bits per heavy atom. The molecule has 3 aliphatic rings. The third-order valence-corrected chi connectivity index (χ3v) is 8.11. The van der Waals surface area contributed by atoms with Gasteiger partial charge in [-0.15, -0.1) is 0 Å². The second kappa shape index (κ2) is 8.10. The normalized spacial score (nSPS) is 29.2. The van der Waals surface area contributed by atoms with Gasteiger partial charge in [-0.1, -0.05) is 30.3 Å². The Balaban J connectivity index is 1.65. The molecule has 2 spiro atoms. The summed E-state index contributed by atoms with van der Waals surface area (Å²) in [6, 6.07) is 15.1. The summed E-state index contributed by atoms with van der Waals surface area (Å²) in [5.74, 6) is 0.356. The highest BCUT2D eigenvalue weighted by atomic mass is 16.5. The number of methoxy groups -OCH3 is 1. The highest BCUT2D eigenvalue weighted by Gasteiger charge is 2.61. The van der Waals surface area contributed by atoms with Crippen molar-refractivity contribution in [3.8, 4) is 11.1 Å². The number of guanidine groups is 1. The maximum atomic E-state index is 13.1. The molecular formula is C27H32N4O2. The number of amides is 1. The van der Waals surface area contributed by atoms with Crippen LogP contribution in [-0.2, 0) is 21.5 Å². The van der Waals surface area contributed by atoms with Gasteiger partial charge in [0, 0.05) is 32.8 Å². The molecule has 1 heterocycles. The predicted molar refractivity (Wildman–Crippen MR) is 131 cm³/mol. The molecule has 1 saturated carbocycles. The zero-order chi connectivity index (χ0) is 23.2. The lowest BCUT2D eigenvalue weighted by Crippen LogP contribution is -2.54. The molecule has 1 aliphatic heterocycles. The lowest BCUT2D eigenvalue weighted by Gasteiger charge is -2.49. The molecule has 1 amide bonds. The second-order valence-electron chi connectivity index (χ2n) is 9.74. The van der Waals surface area contributed by atoms with Gasteiger partial charge in [0.15, 0.2) is 5.96 Å². The molecule has 6 heteroatoms. The molecular weight excluding hydrogens is 412 g/mol. The zero-order valence-corrected chi connectivity index (χ0v) is 19.7. The Kier molecular flexibility index (Phi) is 5.36. The van der Waals surface area contributed by atoms with Gasteiger partial charge in [0.05, 0.1) is 12.5 Å². The summed E-state index contributed by atoms with van der Waals surface area (Å²) in [6.07, 6.45) is 7.35. The number of fused-ring (bicyclic) bond motifs is 3. The Morgan fingerprint density at radius 3 is 2.61 bits per heavy atom. The van der Waals surface area contributed by atoms with E-state index in [0.717, 1.165) is 54.4 Å². The molecule has 0 bridgehead atoms. The van der Waals surface area contributed by atoms with Crippen LogP contribution in [0.5, 0.6) is 0 Å². The first-order valence-electron chi connectivity index (χ1n) is 11.7. The molecule has 172 valence electrons. The Hall–Kier alpha value is -2.99. The summed E-state index contributed by atoms with van der Waals surface area (Å²) < 4.78 is 5.67. The number of carbonyl (C=O) groups is 1. The number of ether oxygens (including phenoxy) is 1. The molecule has 0 aromatic heterocycles. The van der Waals surface area contributed by atoms with Crippen LogP contribution in [0.15, 0.2) is 52.4 Å². The van der Waals surface area contributed by atoms with Gasteiger partial charge in [-0.05, 0) is 72.1 Å². The molecule has 1 atom stereocenters. The van der Waals surface area contributed by atoms with Gasteiger partial charge in [-0.25, -0.2) is 4.99 Å². The summed E-state index contributed by atoms with van der Waals surface area (Å²) >= 11 is 0. The fourth-order valence-electron chi connectivity index (χ4n) is 6.25. The Labute approximate surface area is 195 Å². The van der Waals surface area contributed by atoms with E-state index in [0.29, 0.717) is 12.4 Å². The van der Waals surface area contributed by atoms with Crippen molar-refractivity contribution in [3.63, 3.8) is 0 Å². The third-order valence-electron chi connectivity index (χ3n) is 8.11. The first-order chi connectivity index (χ1) is 15.9. The molecule has 6 nitrogen and oxygen atoms in total. The van der Waals surface area contributed by atoms with Gasteiger partial charge in [-0.2, -0.15) is 0 Å². The summed E-state index contributed by atoms with van der Waals surface area (Å²) in [5, 5.41) is 0. The van der Waals surface area contributed by atoms with Crippen molar-refractivity contribution in [1.29, 1.82) is 0 Å². The van der Waals surface area contributed by atoms with Crippen molar-refractivity contribution < 1.29 is 9.53 Å². The molecule has 2 aliphatic carbocycles. The topological polar surface area (TPSA) is 80.3 Å². The number of nitrogens with zero attached hydrogens (tertiary/aromatic N) is 3. The monoisotopic (exact) mass is 444 g/mol. The Morgan fingerprint density at radius 1 is 1.15 bits per heavy atom. The van der Waals surface area contributed by atoms with Crippen LogP contribution >= 0.6 is 0 Å². The van der Waals surface area contributed by atoms with Crippen LogP contribution in [-0.4, -0.2) is 50.3 Å². The molecule has 1 unspecified atom stereocenters. The second-order valence-corrected chi connectivity index (χ2v) is 9.74. The van der Waals surface area contributed by atoms with E-state index in [1.54, 1.807) is 21.2 Å². The quantitative estimate of drug-likeness (QED) is 0.729. The number of aliphatic imine (C=N–C) groups is 2. The van der Waals surface area contributed by atoms with Gasteiger partial charge >= 0.3 is 0 Å². The average Bonchev–Trinajstić information content (AvgIpc) is 3.06. The van der Waals surface area contributed by atoms with E-state index in [-0.39, 0.29) is 17.4 Å². The molecule has 0 radical (unpaired) electrons. The minimum absolute atomic E-state index is 0.0372. The predicted octanol–water partition coefficient (Wildman–Crippen LogP) is 3.91. The van der Waals surface area contributed by atoms with Gasteiger partial charge in [-0.3, -0.25) is 14.7 Å². The van der Waals surface area contributed by atoms with Gasteiger partial charge < -0.3 is 10.5 Å². The van der Waals surface area contributed by atoms with E-state index in [4.69, 9.17) is 15.5 Å². The largest absolute Gasteiger partial charge is 0.381 e. The van der Waals surface area contributed by atoms with Crippen molar-refractivity contribution in [2.45, 2.75) is 50.2 Å². The number of nitrogens with two attached hydrogens (primary N) is 1. The first kappa shape index (κ1) is 21.8. The van der Waals surface area contributed by atoms with E-state index in [9.17, 15) is 4.79 Å². The van der Waals surface area contributed by atoms with Crippen LogP contribution in [0.25, 0.3) is 11.1 Å². The summed E-state index contributed by atoms with van der Waals surface area (Å²) in [7, 11) is 5.29. The smallest absolute Gasteiger partial charge is 0.231 e. The van der Waals surface area contributed by atoms with Crippen molar-refractivity contribution in [3.05, 3.63) is 59.2 Å². The average molecular weight is 445 g/mol. The van der Waals surface area contributed by atoms with Gasteiger partial charge in [0.1, 0.15) is 5.54 Å². The lowest BCUT2D eigenvalue weighted by atomic mass is 9.60. The fraction of sp³-hybridized carbons (Fsp3) is 0.444. The highest BCUT2D eigenvalue weighted by Crippen LogP contribution is 2.62. The number of hydrogen-bond acceptors (Lipinski definition) is 5. The van der Waals surface area contributed by atoms with E-state index >= 15 is 0 Å². The number of hydrogen-bond donors (Lipinski definition) is 1. The SMILES string of the molecule is CN=Cc1cccc(-c2ccc3c(c2)C2(CC(=O)N(C)C(N)=N2)C2(CCC(OC)CC2)C3)c1. The fourth-order valence-corrected chi connectivity index (χ4v) is 6.25. The van der Waals surface area contributed by atoms with Crippen LogP contribution in [0.2, 0.25) is 0 Å². The molecule has 2 aromatic rings. The van der Waals surface area contributed by atoms with Crippen molar-refractivity contribution in [1.82, 2.24) is 4.90 Å². The molecule has 2 N–H and O–H groups in total. The van der Waals surface area contributed by atoms with Crippen LogP contribution in [0.1, 0.15) is 48.8 Å². The van der Waals surface area contributed by atoms with Crippen LogP contribution in [0.3, 0.4) is 0 Å². The molecule has 5 rings (SSSR count). The van der Waals surface area contributed by atoms with Crippen molar-refractivity contribution >= 4 is 18.1 Å². The lowest BCUT2D eigenvalue weighted by molar-refractivity contribution is -0.131. The van der Waals surface area contributed by atoms with E-state index < -0.39 is 5.54 Å². The van der Waals surface area contributed by atoms with Crippen molar-refractivity contribution in [2.24, 2.45) is 21.1 Å². The number of carbonyl (C=O) groups excluding carboxylic acids is 1. The number of benzene rings is 2. The minimum Gasteiger partial charge on any atom is -0.381 e. The van der Waals surface area contributed by atoms with Crippen molar-refractivity contribution in [2.75, 3.05) is 21.2 Å². The summed E-state index contributed by atoms with van der Waals surface area (Å²) in [5.41, 5.74) is 11.4. The first-order valence-corrected chi connectivity index (χ1v) is 11.7. The molecule has 1 fully saturated rings. The van der Waals surface area contributed by atoms with E-state index in [1.165, 1.54) is 10.5 Å². The van der Waals surface area contributed by atoms with Gasteiger partial charge in [0.2, 0.25) is 5.91 Å². The summed E-state index contributed by atoms with van der Waals surface area (Å²) in [4.78, 5) is 23.9. The van der Waals surface area contributed by atoms with Crippen LogP contribution < -0.4 is 5.73 Å². The standard InChI is InChI=1S/C27H32N4O2/c1-29-17-18-5-4-6-19(13-18)20-7-8-21-15-26(11-9-22(33-3)10-12-26)27(23(21)14-20)16-24(32)31(2)25(28)30-27/h4-8,13-14,17,22H,9-12,15-16H2,1-3H3,(H2,28,30). The van der Waals surface area contributed by atoms with Crippen LogP contribution in [0, 0.1) is 5.41 Å². The molecule has 0 saturated heterocycles. The number of rotatable bonds is 3. The Bertz CT molecular complexity index is 1150. The minimum atomic E-state index is -0.618. The molecule has 2 aromatic carbocycles. The van der Waals surface area contributed by atoms with E-state index in [2.05, 4.69) is 47.5 Å². The maximum absolute atomic E-state index is 13.1. The molecule has 33 heavy (non-hydrogen) atoms. The van der Waals surface area contributed by atoms with Crippen LogP contribution in [0.4, 0.5) is 0 Å². The van der Waals surface area contributed by atoms with Gasteiger partial charge in [0.25, 0.3) is 0 Å². The highest BCUT2D eigenvalue weighted by molar-refractivity contribution is 5.99.